The molecule has 0 saturated heterocycles. The highest BCUT2D eigenvalue weighted by Gasteiger charge is 2.00. The SMILES string of the molecule is N=NOc1ccccc1CCBr. The van der Waals surface area contributed by atoms with Gasteiger partial charge in [0.05, 0.1) is 0 Å². The van der Waals surface area contributed by atoms with Gasteiger partial charge in [0.15, 0.2) is 5.75 Å². The van der Waals surface area contributed by atoms with Gasteiger partial charge in [-0.2, -0.15) is 5.53 Å². The molecule has 0 bridgehead atoms. The molecule has 0 aliphatic carbocycles. The molecule has 0 aliphatic rings. The Hall–Kier alpha value is -0.900. The molecular weight excluding hydrogens is 220 g/mol. The third kappa shape index (κ3) is 2.30. The molecule has 0 unspecified atom stereocenters. The fourth-order valence-electron chi connectivity index (χ4n) is 0.950. The first-order valence-corrected chi connectivity index (χ1v) is 4.68. The molecule has 0 amide bonds. The number of hydrogen-bond acceptors (Lipinski definition) is 3. The van der Waals surface area contributed by atoms with Crippen molar-refractivity contribution in [3.8, 4) is 5.75 Å². The van der Waals surface area contributed by atoms with Crippen molar-refractivity contribution in [1.29, 1.82) is 5.53 Å². The van der Waals surface area contributed by atoms with E-state index in [9.17, 15) is 0 Å². The molecule has 1 aromatic carbocycles. The molecule has 12 heavy (non-hydrogen) atoms. The summed E-state index contributed by atoms with van der Waals surface area (Å²) in [5.74, 6) is 0.659. The van der Waals surface area contributed by atoms with E-state index in [2.05, 4.69) is 21.2 Å². The molecule has 1 N–H and O–H groups in total. The van der Waals surface area contributed by atoms with Gasteiger partial charge in [-0.3, -0.25) is 0 Å². The highest BCUT2D eigenvalue weighted by molar-refractivity contribution is 9.09. The van der Waals surface area contributed by atoms with E-state index in [0.29, 0.717) is 5.75 Å². The molecular formula is C8H9BrN2O. The fraction of sp³-hybridized carbons (Fsp3) is 0.250. The lowest BCUT2D eigenvalue weighted by Gasteiger charge is -2.02. The Labute approximate surface area is 79.3 Å². The maximum absolute atomic E-state index is 6.56. The minimum absolute atomic E-state index is 0.659. The van der Waals surface area contributed by atoms with Gasteiger partial charge in [-0.15, -0.1) is 0 Å². The number of nitrogens with zero attached hydrogens (tertiary/aromatic N) is 1. The second-order valence-electron chi connectivity index (χ2n) is 2.23. The Morgan fingerprint density at radius 1 is 1.42 bits per heavy atom. The number of halogens is 1. The molecule has 3 nitrogen and oxygen atoms in total. The van der Waals surface area contributed by atoms with Crippen molar-refractivity contribution in [3.63, 3.8) is 0 Å². The van der Waals surface area contributed by atoms with Gasteiger partial charge >= 0.3 is 0 Å². The average molecular weight is 229 g/mol. The molecule has 0 aliphatic heterocycles. The van der Waals surface area contributed by atoms with Crippen LogP contribution in [0.1, 0.15) is 5.56 Å². The summed E-state index contributed by atoms with van der Waals surface area (Å²) in [6.07, 6.45) is 0.881. The number of nitrogens with one attached hydrogen (secondary N) is 1. The molecule has 0 radical (unpaired) electrons. The topological polar surface area (TPSA) is 45.4 Å². The Morgan fingerprint density at radius 2 is 2.17 bits per heavy atom. The van der Waals surface area contributed by atoms with Gasteiger partial charge in [-0.25, -0.2) is 0 Å². The first-order valence-electron chi connectivity index (χ1n) is 3.56. The molecule has 0 atom stereocenters. The number of aryl methyl sites for hydroxylation is 1. The molecule has 1 rings (SSSR count). The third-order valence-electron chi connectivity index (χ3n) is 1.48. The van der Waals surface area contributed by atoms with Gasteiger partial charge in [0.25, 0.3) is 0 Å². The van der Waals surface area contributed by atoms with Crippen LogP contribution in [0, 0.1) is 5.53 Å². The summed E-state index contributed by atoms with van der Waals surface area (Å²) < 4.78 is 0. The van der Waals surface area contributed by atoms with E-state index < -0.39 is 0 Å². The fourth-order valence-corrected chi connectivity index (χ4v) is 1.38. The zero-order valence-corrected chi connectivity index (χ0v) is 8.04. The molecule has 64 valence electrons. The molecule has 0 saturated carbocycles. The Morgan fingerprint density at radius 3 is 2.83 bits per heavy atom. The lowest BCUT2D eigenvalue weighted by atomic mass is 10.1. The highest BCUT2D eigenvalue weighted by atomic mass is 79.9. The Kier molecular flexibility index (Phi) is 3.73. The molecule has 0 heterocycles. The smallest absolute Gasteiger partial charge is 0.163 e. The molecule has 0 fully saturated rings. The predicted molar refractivity (Wildman–Crippen MR) is 49.7 cm³/mol. The van der Waals surface area contributed by atoms with E-state index in [0.717, 1.165) is 17.3 Å². The molecule has 1 aromatic rings. The predicted octanol–water partition coefficient (Wildman–Crippen LogP) is 2.95. The minimum atomic E-state index is 0.659. The van der Waals surface area contributed by atoms with Crippen molar-refractivity contribution < 1.29 is 4.84 Å². The largest absolute Gasteiger partial charge is 0.340 e. The lowest BCUT2D eigenvalue weighted by molar-refractivity contribution is 0.296. The van der Waals surface area contributed by atoms with Crippen LogP contribution in [0.15, 0.2) is 29.5 Å². The first-order chi connectivity index (χ1) is 5.88. The van der Waals surface area contributed by atoms with Crippen LogP contribution >= 0.6 is 15.9 Å². The van der Waals surface area contributed by atoms with E-state index in [1.165, 1.54) is 0 Å². The van der Waals surface area contributed by atoms with Gasteiger partial charge in [0, 0.05) is 10.6 Å². The number of alkyl halides is 1. The normalized spacial score (nSPS) is 9.42. The van der Waals surface area contributed by atoms with Gasteiger partial charge in [0.1, 0.15) is 0 Å². The Bertz CT molecular complexity index is 265. The summed E-state index contributed by atoms with van der Waals surface area (Å²) in [5.41, 5.74) is 7.62. The summed E-state index contributed by atoms with van der Waals surface area (Å²) in [4.78, 5) is 4.76. The second kappa shape index (κ2) is 4.87. The number of benzene rings is 1. The summed E-state index contributed by atoms with van der Waals surface area (Å²) in [5, 5.41) is 3.76. The van der Waals surface area contributed by atoms with Gasteiger partial charge < -0.3 is 4.84 Å². The summed E-state index contributed by atoms with van der Waals surface area (Å²) in [6.45, 7) is 0. The summed E-state index contributed by atoms with van der Waals surface area (Å²) in [7, 11) is 0. The molecule has 0 spiro atoms. The Balaban J connectivity index is 2.83. The van der Waals surface area contributed by atoms with E-state index >= 15 is 0 Å². The first kappa shape index (κ1) is 9.19. The van der Waals surface area contributed by atoms with Crippen LogP contribution < -0.4 is 4.84 Å². The van der Waals surface area contributed by atoms with E-state index in [1.807, 2.05) is 18.2 Å². The van der Waals surface area contributed by atoms with Crippen molar-refractivity contribution in [2.75, 3.05) is 5.33 Å². The minimum Gasteiger partial charge on any atom is -0.340 e. The number of rotatable bonds is 4. The maximum atomic E-state index is 6.56. The van der Waals surface area contributed by atoms with Crippen LogP contribution in [0.25, 0.3) is 0 Å². The van der Waals surface area contributed by atoms with Crippen LogP contribution in [0.2, 0.25) is 0 Å². The van der Waals surface area contributed by atoms with Crippen molar-refractivity contribution in [3.05, 3.63) is 29.8 Å². The zero-order chi connectivity index (χ0) is 8.81. The van der Waals surface area contributed by atoms with Crippen LogP contribution in [-0.4, -0.2) is 5.33 Å². The second-order valence-corrected chi connectivity index (χ2v) is 3.02. The van der Waals surface area contributed by atoms with Crippen molar-refractivity contribution in [1.82, 2.24) is 0 Å². The van der Waals surface area contributed by atoms with Crippen molar-refractivity contribution >= 4 is 15.9 Å². The lowest BCUT2D eigenvalue weighted by Crippen LogP contribution is -1.90. The maximum Gasteiger partial charge on any atom is 0.163 e. The quantitative estimate of drug-likeness (QED) is 0.481. The monoisotopic (exact) mass is 228 g/mol. The van der Waals surface area contributed by atoms with E-state index in [1.54, 1.807) is 6.07 Å². The van der Waals surface area contributed by atoms with Gasteiger partial charge in [-0.05, 0) is 18.1 Å². The van der Waals surface area contributed by atoms with Crippen LogP contribution in [0.3, 0.4) is 0 Å². The van der Waals surface area contributed by atoms with Crippen molar-refractivity contribution in [2.24, 2.45) is 5.28 Å². The van der Waals surface area contributed by atoms with Gasteiger partial charge in [-0.1, -0.05) is 34.1 Å². The third-order valence-corrected chi connectivity index (χ3v) is 1.88. The van der Waals surface area contributed by atoms with Crippen LogP contribution in [0.5, 0.6) is 5.75 Å². The number of hydrogen-bond donors (Lipinski definition) is 1. The van der Waals surface area contributed by atoms with Crippen LogP contribution in [-0.2, 0) is 6.42 Å². The molecule has 0 aromatic heterocycles. The highest BCUT2D eigenvalue weighted by Crippen LogP contribution is 2.18. The van der Waals surface area contributed by atoms with Crippen LogP contribution in [0.4, 0.5) is 0 Å². The van der Waals surface area contributed by atoms with E-state index in [4.69, 9.17) is 10.4 Å². The standard InChI is InChI=1S/C8H9BrN2O/c9-6-5-7-3-1-2-4-8(7)12-11-10/h1-4,10H,5-6H2. The number of para-hydroxylation sites is 1. The summed E-state index contributed by atoms with van der Waals surface area (Å²) >= 11 is 3.34. The molecule has 4 heteroatoms. The zero-order valence-electron chi connectivity index (χ0n) is 6.46. The van der Waals surface area contributed by atoms with E-state index in [-0.39, 0.29) is 0 Å². The summed E-state index contributed by atoms with van der Waals surface area (Å²) in [6, 6.07) is 7.56. The van der Waals surface area contributed by atoms with Gasteiger partial charge in [0.2, 0.25) is 0 Å². The van der Waals surface area contributed by atoms with Crippen molar-refractivity contribution in [2.45, 2.75) is 6.42 Å². The average Bonchev–Trinajstić information content (AvgIpc) is 2.09.